The monoisotopic (exact) mass is 687 g/mol. The summed E-state index contributed by atoms with van der Waals surface area (Å²) in [5, 5.41) is 3.73. The zero-order valence-electron chi connectivity index (χ0n) is 26.5. The van der Waals surface area contributed by atoms with Gasteiger partial charge in [-0.15, -0.1) is 0 Å². The number of anilines is 1. The van der Waals surface area contributed by atoms with Gasteiger partial charge >= 0.3 is 0 Å². The number of benzene rings is 4. The minimum atomic E-state index is -4.24. The summed E-state index contributed by atoms with van der Waals surface area (Å²) in [6, 6.07) is 28.5. The average molecular weight is 688 g/mol. The quantitative estimate of drug-likeness (QED) is 0.196. The maximum Gasteiger partial charge on any atom is 0.264 e. The number of hydrogen-bond acceptors (Lipinski definition) is 6. The number of ether oxygens (including phenoxy) is 2. The normalized spacial score (nSPS) is 15.0. The van der Waals surface area contributed by atoms with E-state index in [1.54, 1.807) is 60.7 Å². The third-order valence-electron chi connectivity index (χ3n) is 8.66. The van der Waals surface area contributed by atoms with E-state index < -0.39 is 28.5 Å². The third kappa shape index (κ3) is 7.94. The second-order valence-corrected chi connectivity index (χ2v) is 14.3. The molecule has 1 saturated carbocycles. The van der Waals surface area contributed by atoms with Crippen molar-refractivity contribution in [2.24, 2.45) is 0 Å². The minimum Gasteiger partial charge on any atom is -0.486 e. The van der Waals surface area contributed by atoms with E-state index in [1.807, 2.05) is 30.3 Å². The van der Waals surface area contributed by atoms with E-state index in [2.05, 4.69) is 5.32 Å². The number of fused-ring (bicyclic) bond motifs is 1. The summed E-state index contributed by atoms with van der Waals surface area (Å²) >= 11 is 6.18. The Morgan fingerprint density at radius 1 is 0.812 bits per heavy atom. The standard InChI is InChI=1S/C37H38ClN3O6S/c38-29-17-15-28(16-18-29)25-40(33(23-27-9-3-1-4-10-27)37(43)39-30-11-7-8-12-30)36(42)26-41(48(44,45)32-13-5-2-6-14-32)31-19-20-34-35(24-31)47-22-21-46-34/h1-6,9-10,13-20,24,30,33H,7-8,11-12,21-23,25-26H2,(H,39,43)/t33-/m1/s1. The molecule has 1 aliphatic heterocycles. The molecule has 0 radical (unpaired) electrons. The van der Waals surface area contributed by atoms with Crippen molar-refractivity contribution in [3.05, 3.63) is 119 Å². The van der Waals surface area contributed by atoms with E-state index >= 15 is 0 Å². The van der Waals surface area contributed by atoms with Gasteiger partial charge in [-0.2, -0.15) is 0 Å². The molecule has 1 atom stereocenters. The lowest BCUT2D eigenvalue weighted by molar-refractivity contribution is -0.140. The second kappa shape index (κ2) is 15.1. The number of carbonyl (C=O) groups excluding carboxylic acids is 2. The Bertz CT molecular complexity index is 1820. The van der Waals surface area contributed by atoms with Crippen LogP contribution < -0.4 is 19.1 Å². The highest BCUT2D eigenvalue weighted by Crippen LogP contribution is 2.36. The minimum absolute atomic E-state index is 0.0240. The summed E-state index contributed by atoms with van der Waals surface area (Å²) in [7, 11) is -4.24. The van der Waals surface area contributed by atoms with Crippen LogP contribution >= 0.6 is 11.6 Å². The predicted molar refractivity (Wildman–Crippen MR) is 185 cm³/mol. The number of nitrogens with one attached hydrogen (secondary N) is 1. The first kappa shape index (κ1) is 33.4. The van der Waals surface area contributed by atoms with Crippen molar-refractivity contribution < 1.29 is 27.5 Å². The van der Waals surface area contributed by atoms with Crippen LogP contribution in [0.25, 0.3) is 0 Å². The molecule has 4 aromatic carbocycles. The van der Waals surface area contributed by atoms with E-state index in [0.29, 0.717) is 29.7 Å². The van der Waals surface area contributed by atoms with Gasteiger partial charge < -0.3 is 19.7 Å². The SMILES string of the molecule is O=C(NC1CCCC1)[C@@H](Cc1ccccc1)N(Cc1ccc(Cl)cc1)C(=O)CN(c1ccc2c(c1)OCCO2)S(=O)(=O)c1ccccc1. The molecule has 9 nitrogen and oxygen atoms in total. The highest BCUT2D eigenvalue weighted by Gasteiger charge is 2.36. The molecule has 1 heterocycles. The molecule has 0 saturated heterocycles. The molecule has 0 bridgehead atoms. The lowest BCUT2D eigenvalue weighted by Gasteiger charge is -2.34. The van der Waals surface area contributed by atoms with Gasteiger partial charge in [-0.05, 0) is 60.4 Å². The zero-order chi connectivity index (χ0) is 33.5. The van der Waals surface area contributed by atoms with E-state index in [9.17, 15) is 18.0 Å². The van der Waals surface area contributed by atoms with Crippen LogP contribution in [0.1, 0.15) is 36.8 Å². The summed E-state index contributed by atoms with van der Waals surface area (Å²) in [5.41, 5.74) is 1.85. The molecule has 1 N–H and O–H groups in total. The van der Waals surface area contributed by atoms with Crippen molar-refractivity contribution >= 4 is 39.1 Å². The predicted octanol–water partition coefficient (Wildman–Crippen LogP) is 6.01. The summed E-state index contributed by atoms with van der Waals surface area (Å²) in [4.78, 5) is 30.4. The molecule has 2 aliphatic rings. The lowest BCUT2D eigenvalue weighted by Crippen LogP contribution is -2.54. The van der Waals surface area contributed by atoms with Crippen molar-refractivity contribution in [3.8, 4) is 11.5 Å². The zero-order valence-corrected chi connectivity index (χ0v) is 28.0. The summed E-state index contributed by atoms with van der Waals surface area (Å²) in [5.74, 6) is 0.0614. The smallest absolute Gasteiger partial charge is 0.264 e. The van der Waals surface area contributed by atoms with Crippen molar-refractivity contribution in [1.82, 2.24) is 10.2 Å². The molecule has 11 heteroatoms. The van der Waals surface area contributed by atoms with Gasteiger partial charge in [0.15, 0.2) is 11.5 Å². The number of amides is 2. The van der Waals surface area contributed by atoms with Crippen LogP contribution in [0.15, 0.2) is 108 Å². The van der Waals surface area contributed by atoms with Gasteiger partial charge in [0.05, 0.1) is 10.6 Å². The van der Waals surface area contributed by atoms with Gasteiger partial charge in [0.1, 0.15) is 25.8 Å². The molecule has 250 valence electrons. The van der Waals surface area contributed by atoms with Crippen LogP contribution in [-0.2, 0) is 32.6 Å². The molecule has 4 aromatic rings. The Balaban J connectivity index is 1.40. The molecular formula is C37H38ClN3O6S. The highest BCUT2D eigenvalue weighted by atomic mass is 35.5. The van der Waals surface area contributed by atoms with Gasteiger partial charge in [-0.25, -0.2) is 8.42 Å². The van der Waals surface area contributed by atoms with E-state index in [0.717, 1.165) is 41.1 Å². The highest BCUT2D eigenvalue weighted by molar-refractivity contribution is 7.92. The van der Waals surface area contributed by atoms with Gasteiger partial charge in [0.25, 0.3) is 10.0 Å². The van der Waals surface area contributed by atoms with Crippen LogP contribution in [-0.4, -0.2) is 57.0 Å². The number of halogens is 1. The number of hydrogen-bond donors (Lipinski definition) is 1. The van der Waals surface area contributed by atoms with Gasteiger partial charge in [0, 0.05) is 30.1 Å². The molecule has 0 unspecified atom stereocenters. The molecule has 48 heavy (non-hydrogen) atoms. The van der Waals surface area contributed by atoms with Crippen LogP contribution in [0, 0.1) is 0 Å². The molecule has 0 aromatic heterocycles. The Kier molecular flexibility index (Phi) is 10.5. The first-order valence-electron chi connectivity index (χ1n) is 16.1. The van der Waals surface area contributed by atoms with Crippen molar-refractivity contribution in [1.29, 1.82) is 0 Å². The van der Waals surface area contributed by atoms with Crippen molar-refractivity contribution in [2.45, 2.75) is 55.6 Å². The van der Waals surface area contributed by atoms with E-state index in [-0.39, 0.29) is 35.5 Å². The number of nitrogens with zero attached hydrogens (tertiary/aromatic N) is 2. The molecule has 0 spiro atoms. The first-order valence-corrected chi connectivity index (χ1v) is 18.0. The fourth-order valence-electron chi connectivity index (χ4n) is 6.14. The van der Waals surface area contributed by atoms with Crippen LogP contribution in [0.3, 0.4) is 0 Å². The van der Waals surface area contributed by atoms with Crippen molar-refractivity contribution in [2.75, 3.05) is 24.1 Å². The Morgan fingerprint density at radius 2 is 1.46 bits per heavy atom. The van der Waals surface area contributed by atoms with Gasteiger partial charge in [-0.3, -0.25) is 13.9 Å². The fraction of sp³-hybridized carbons (Fsp3) is 0.297. The summed E-state index contributed by atoms with van der Waals surface area (Å²) < 4.78 is 41.1. The maximum atomic E-state index is 14.7. The van der Waals surface area contributed by atoms with Gasteiger partial charge in [-0.1, -0.05) is 85.1 Å². The molecular weight excluding hydrogens is 650 g/mol. The number of carbonyl (C=O) groups is 2. The topological polar surface area (TPSA) is 105 Å². The maximum absolute atomic E-state index is 14.7. The molecule has 1 fully saturated rings. The summed E-state index contributed by atoms with van der Waals surface area (Å²) in [6.45, 7) is 0.188. The third-order valence-corrected chi connectivity index (χ3v) is 10.7. The molecule has 6 rings (SSSR count). The largest absolute Gasteiger partial charge is 0.486 e. The van der Waals surface area contributed by atoms with E-state index in [4.69, 9.17) is 21.1 Å². The first-order chi connectivity index (χ1) is 23.3. The molecule has 2 amide bonds. The molecule has 1 aliphatic carbocycles. The fourth-order valence-corrected chi connectivity index (χ4v) is 7.70. The second-order valence-electron chi connectivity index (χ2n) is 12.0. The van der Waals surface area contributed by atoms with Crippen molar-refractivity contribution in [3.63, 3.8) is 0 Å². The summed E-state index contributed by atoms with van der Waals surface area (Å²) in [6.07, 6.45) is 4.06. The van der Waals surface area contributed by atoms with Crippen LogP contribution in [0.5, 0.6) is 11.5 Å². The Morgan fingerprint density at radius 3 is 2.15 bits per heavy atom. The van der Waals surface area contributed by atoms with Gasteiger partial charge in [0.2, 0.25) is 11.8 Å². The van der Waals surface area contributed by atoms with E-state index in [1.165, 1.54) is 17.0 Å². The van der Waals surface area contributed by atoms with Crippen LogP contribution in [0.4, 0.5) is 5.69 Å². The Labute approximate surface area is 286 Å². The Hall–Kier alpha value is -4.54. The number of sulfonamides is 1. The van der Waals surface area contributed by atoms with Crippen LogP contribution in [0.2, 0.25) is 5.02 Å². The number of rotatable bonds is 12. The lowest BCUT2D eigenvalue weighted by atomic mass is 10.0. The average Bonchev–Trinajstić information content (AvgIpc) is 3.63.